The summed E-state index contributed by atoms with van der Waals surface area (Å²) < 4.78 is 9.88. The molecule has 2 unspecified atom stereocenters. The van der Waals surface area contributed by atoms with Crippen molar-refractivity contribution in [3.05, 3.63) is 30.3 Å². The van der Waals surface area contributed by atoms with E-state index in [2.05, 4.69) is 0 Å². The van der Waals surface area contributed by atoms with Crippen LogP contribution in [0.15, 0.2) is 30.3 Å². The van der Waals surface area contributed by atoms with E-state index >= 15 is 0 Å². The molecule has 0 radical (unpaired) electrons. The molecule has 5 nitrogen and oxygen atoms in total. The van der Waals surface area contributed by atoms with Crippen LogP contribution in [0.3, 0.4) is 0 Å². The van der Waals surface area contributed by atoms with E-state index < -0.39 is 24.0 Å². The zero-order chi connectivity index (χ0) is 13.1. The summed E-state index contributed by atoms with van der Waals surface area (Å²) in [5.41, 5.74) is 0. The number of rotatable bonds is 3. The second-order valence-corrected chi connectivity index (χ2v) is 4.06. The third-order valence-electron chi connectivity index (χ3n) is 2.71. The normalized spacial score (nSPS) is 22.4. The summed E-state index contributed by atoms with van der Waals surface area (Å²) in [6, 6.07) is 8.48. The van der Waals surface area contributed by atoms with Crippen LogP contribution in [0.5, 0.6) is 5.75 Å². The van der Waals surface area contributed by atoms with Crippen LogP contribution in [0.25, 0.3) is 0 Å². The standard InChI is InChI=1S/C13H12O5/c1-8(14)10-7-11(18-12(10)15)13(16)17-9-5-3-2-4-6-9/h2-6,10-11H,7H2,1H3. The largest absolute Gasteiger partial charge is 0.450 e. The van der Waals surface area contributed by atoms with E-state index in [1.54, 1.807) is 30.3 Å². The molecule has 1 saturated heterocycles. The smallest absolute Gasteiger partial charge is 0.352 e. The zero-order valence-corrected chi connectivity index (χ0v) is 9.79. The molecule has 0 aromatic heterocycles. The number of ketones is 1. The lowest BCUT2D eigenvalue weighted by Gasteiger charge is -2.08. The number of para-hydroxylation sites is 1. The maximum atomic E-state index is 11.7. The van der Waals surface area contributed by atoms with Crippen LogP contribution in [-0.4, -0.2) is 23.8 Å². The van der Waals surface area contributed by atoms with Gasteiger partial charge in [-0.15, -0.1) is 0 Å². The Balaban J connectivity index is 1.99. The zero-order valence-electron chi connectivity index (χ0n) is 9.79. The Morgan fingerprint density at radius 3 is 2.50 bits per heavy atom. The van der Waals surface area contributed by atoms with Gasteiger partial charge in [0, 0.05) is 6.42 Å². The van der Waals surface area contributed by atoms with Crippen molar-refractivity contribution in [2.24, 2.45) is 5.92 Å². The van der Waals surface area contributed by atoms with Gasteiger partial charge in [0.25, 0.3) is 0 Å². The molecule has 5 heteroatoms. The number of esters is 2. The van der Waals surface area contributed by atoms with E-state index in [4.69, 9.17) is 9.47 Å². The molecule has 1 fully saturated rings. The first-order chi connectivity index (χ1) is 8.58. The summed E-state index contributed by atoms with van der Waals surface area (Å²) in [7, 11) is 0. The minimum absolute atomic E-state index is 0.0554. The molecular weight excluding hydrogens is 236 g/mol. The van der Waals surface area contributed by atoms with Crippen molar-refractivity contribution in [2.45, 2.75) is 19.4 Å². The van der Waals surface area contributed by atoms with Crippen LogP contribution in [-0.2, 0) is 19.1 Å². The minimum Gasteiger partial charge on any atom is -0.450 e. The van der Waals surface area contributed by atoms with Gasteiger partial charge in [0.2, 0.25) is 6.10 Å². The molecule has 94 valence electrons. The van der Waals surface area contributed by atoms with Crippen molar-refractivity contribution < 1.29 is 23.9 Å². The molecule has 0 bridgehead atoms. The number of hydrogen-bond donors (Lipinski definition) is 0. The summed E-state index contributed by atoms with van der Waals surface area (Å²) in [5, 5.41) is 0. The molecule has 2 atom stereocenters. The second-order valence-electron chi connectivity index (χ2n) is 4.06. The monoisotopic (exact) mass is 248 g/mol. The van der Waals surface area contributed by atoms with E-state index in [-0.39, 0.29) is 12.2 Å². The quantitative estimate of drug-likeness (QED) is 0.455. The van der Waals surface area contributed by atoms with Crippen molar-refractivity contribution >= 4 is 17.7 Å². The molecule has 2 rings (SSSR count). The Bertz CT molecular complexity index is 479. The third kappa shape index (κ3) is 2.56. The number of carbonyl (C=O) groups excluding carboxylic acids is 3. The summed E-state index contributed by atoms with van der Waals surface area (Å²) in [4.78, 5) is 34.2. The Morgan fingerprint density at radius 2 is 1.94 bits per heavy atom. The maximum Gasteiger partial charge on any atom is 0.352 e. The molecule has 1 aromatic rings. The highest BCUT2D eigenvalue weighted by atomic mass is 16.6. The van der Waals surface area contributed by atoms with Crippen LogP contribution in [0.1, 0.15) is 13.3 Å². The number of cyclic esters (lactones) is 1. The first-order valence-corrected chi connectivity index (χ1v) is 5.55. The molecular formula is C13H12O5. The fourth-order valence-corrected chi connectivity index (χ4v) is 1.73. The fourth-order valence-electron chi connectivity index (χ4n) is 1.73. The Labute approximate surface area is 104 Å². The van der Waals surface area contributed by atoms with Crippen molar-refractivity contribution in [3.8, 4) is 5.75 Å². The van der Waals surface area contributed by atoms with Crippen molar-refractivity contribution in [1.82, 2.24) is 0 Å². The molecule has 1 aliphatic heterocycles. The molecule has 0 N–H and O–H groups in total. The highest BCUT2D eigenvalue weighted by molar-refractivity contribution is 6.01. The van der Waals surface area contributed by atoms with Gasteiger partial charge < -0.3 is 9.47 Å². The lowest BCUT2D eigenvalue weighted by atomic mass is 10.0. The van der Waals surface area contributed by atoms with Gasteiger partial charge >= 0.3 is 11.9 Å². The first kappa shape index (κ1) is 12.3. The Kier molecular flexibility index (Phi) is 3.41. The average Bonchev–Trinajstić information content (AvgIpc) is 2.73. The van der Waals surface area contributed by atoms with E-state index in [0.29, 0.717) is 5.75 Å². The van der Waals surface area contributed by atoms with Crippen molar-refractivity contribution in [1.29, 1.82) is 0 Å². The number of benzene rings is 1. The SMILES string of the molecule is CC(=O)C1CC(C(=O)Oc2ccccc2)OC1=O. The Morgan fingerprint density at radius 1 is 1.28 bits per heavy atom. The van der Waals surface area contributed by atoms with E-state index in [1.165, 1.54) is 6.92 Å². The lowest BCUT2D eigenvalue weighted by molar-refractivity contribution is -0.156. The van der Waals surface area contributed by atoms with Gasteiger partial charge in [-0.3, -0.25) is 9.59 Å². The average molecular weight is 248 g/mol. The van der Waals surface area contributed by atoms with Crippen molar-refractivity contribution in [3.63, 3.8) is 0 Å². The predicted molar refractivity (Wildman–Crippen MR) is 60.7 cm³/mol. The lowest BCUT2D eigenvalue weighted by Crippen LogP contribution is -2.25. The van der Waals surface area contributed by atoms with Crippen LogP contribution >= 0.6 is 0 Å². The summed E-state index contributed by atoms with van der Waals surface area (Å²) in [6.07, 6.45) is -0.938. The van der Waals surface area contributed by atoms with Gasteiger partial charge in [-0.25, -0.2) is 4.79 Å². The number of ether oxygens (including phenoxy) is 2. The minimum atomic E-state index is -0.994. The third-order valence-corrected chi connectivity index (χ3v) is 2.71. The highest BCUT2D eigenvalue weighted by Gasteiger charge is 2.42. The van der Waals surface area contributed by atoms with Gasteiger partial charge in [-0.1, -0.05) is 18.2 Å². The predicted octanol–water partition coefficient (Wildman–Crippen LogP) is 1.11. The van der Waals surface area contributed by atoms with Gasteiger partial charge in [-0.2, -0.15) is 0 Å². The first-order valence-electron chi connectivity index (χ1n) is 5.55. The van der Waals surface area contributed by atoms with Crippen LogP contribution < -0.4 is 4.74 Å². The topological polar surface area (TPSA) is 69.7 Å². The summed E-state index contributed by atoms with van der Waals surface area (Å²) in [6.45, 7) is 1.30. The van der Waals surface area contributed by atoms with E-state index in [1.807, 2.05) is 0 Å². The molecule has 0 spiro atoms. The van der Waals surface area contributed by atoms with Gasteiger partial charge in [0.05, 0.1) is 0 Å². The van der Waals surface area contributed by atoms with Gasteiger partial charge in [0.1, 0.15) is 17.5 Å². The van der Waals surface area contributed by atoms with Crippen LogP contribution in [0.2, 0.25) is 0 Å². The molecule has 1 aromatic carbocycles. The molecule has 1 heterocycles. The number of carbonyl (C=O) groups is 3. The van der Waals surface area contributed by atoms with Crippen LogP contribution in [0, 0.1) is 5.92 Å². The summed E-state index contributed by atoms with van der Waals surface area (Å²) >= 11 is 0. The molecule has 18 heavy (non-hydrogen) atoms. The molecule has 0 aliphatic carbocycles. The van der Waals surface area contributed by atoms with E-state index in [0.717, 1.165) is 0 Å². The Hall–Kier alpha value is -2.17. The molecule has 0 saturated carbocycles. The summed E-state index contributed by atoms with van der Waals surface area (Å²) in [5.74, 6) is -2.08. The fraction of sp³-hybridized carbons (Fsp3) is 0.308. The van der Waals surface area contributed by atoms with E-state index in [9.17, 15) is 14.4 Å². The number of hydrogen-bond acceptors (Lipinski definition) is 5. The second kappa shape index (κ2) is 5.00. The molecule has 1 aliphatic rings. The van der Waals surface area contributed by atoms with Crippen LogP contribution in [0.4, 0.5) is 0 Å². The number of Topliss-reactive ketones (excluding diaryl/α,β-unsaturated/α-hetero) is 1. The van der Waals surface area contributed by atoms with Gasteiger partial charge in [0.15, 0.2) is 0 Å². The van der Waals surface area contributed by atoms with Gasteiger partial charge in [-0.05, 0) is 19.1 Å². The van der Waals surface area contributed by atoms with Crippen molar-refractivity contribution in [2.75, 3.05) is 0 Å². The molecule has 0 amide bonds. The maximum absolute atomic E-state index is 11.7. The highest BCUT2D eigenvalue weighted by Crippen LogP contribution is 2.23.